The van der Waals surface area contributed by atoms with E-state index in [2.05, 4.69) is 15.9 Å². The Morgan fingerprint density at radius 3 is 2.86 bits per heavy atom. The molecule has 0 heterocycles. The zero-order valence-corrected chi connectivity index (χ0v) is 8.93. The van der Waals surface area contributed by atoms with Gasteiger partial charge in [0.1, 0.15) is 5.82 Å². The van der Waals surface area contributed by atoms with Gasteiger partial charge in [-0.3, -0.25) is 0 Å². The molecular formula is C9H7BrFNO2. The lowest BCUT2D eigenvalue weighted by Crippen LogP contribution is -1.94. The second-order valence-electron chi connectivity index (χ2n) is 2.54. The first-order valence-electron chi connectivity index (χ1n) is 3.72. The van der Waals surface area contributed by atoms with Crippen LogP contribution in [0, 0.1) is 17.1 Å². The van der Waals surface area contributed by atoms with E-state index in [9.17, 15) is 9.50 Å². The Kier molecular flexibility index (Phi) is 3.31. The number of ether oxygens (including phenoxy) is 1. The molecule has 0 aromatic heterocycles. The van der Waals surface area contributed by atoms with E-state index < -0.39 is 5.82 Å². The van der Waals surface area contributed by atoms with Crippen LogP contribution >= 0.6 is 15.9 Å². The minimum absolute atomic E-state index is 0.0567. The van der Waals surface area contributed by atoms with Gasteiger partial charge in [-0.1, -0.05) is 0 Å². The largest absolute Gasteiger partial charge is 0.504 e. The van der Waals surface area contributed by atoms with Crippen molar-refractivity contribution in [1.29, 1.82) is 5.26 Å². The van der Waals surface area contributed by atoms with E-state index in [4.69, 9.17) is 10.00 Å². The van der Waals surface area contributed by atoms with E-state index >= 15 is 0 Å². The Morgan fingerprint density at radius 1 is 1.71 bits per heavy atom. The number of aromatic hydroxyl groups is 1. The second kappa shape index (κ2) is 4.29. The molecule has 74 valence electrons. The van der Waals surface area contributed by atoms with E-state index in [0.717, 1.165) is 0 Å². The molecule has 0 unspecified atom stereocenters. The lowest BCUT2D eigenvalue weighted by Gasteiger charge is -2.09. The van der Waals surface area contributed by atoms with Gasteiger partial charge in [0.25, 0.3) is 0 Å². The third-order valence-electron chi connectivity index (χ3n) is 1.73. The van der Waals surface area contributed by atoms with E-state index in [1.165, 1.54) is 13.2 Å². The topological polar surface area (TPSA) is 53.2 Å². The molecule has 0 saturated carbocycles. The van der Waals surface area contributed by atoms with Gasteiger partial charge in [-0.2, -0.15) is 5.26 Å². The quantitative estimate of drug-likeness (QED) is 0.888. The molecule has 1 rings (SSSR count). The molecule has 0 amide bonds. The molecule has 1 aromatic rings. The van der Waals surface area contributed by atoms with Crippen LogP contribution < -0.4 is 4.74 Å². The molecule has 0 aliphatic rings. The van der Waals surface area contributed by atoms with Crippen molar-refractivity contribution in [3.8, 4) is 17.6 Å². The highest BCUT2D eigenvalue weighted by atomic mass is 79.9. The lowest BCUT2D eigenvalue weighted by atomic mass is 10.1. The zero-order valence-electron chi connectivity index (χ0n) is 7.34. The number of hydrogen-bond acceptors (Lipinski definition) is 3. The molecule has 0 atom stereocenters. The number of phenols is 1. The SMILES string of the molecule is COc1cc(Br)c(F)c(CC#N)c1O. The van der Waals surface area contributed by atoms with Crippen LogP contribution in [-0.2, 0) is 6.42 Å². The summed E-state index contributed by atoms with van der Waals surface area (Å²) in [7, 11) is 1.36. The van der Waals surface area contributed by atoms with Crippen LogP contribution in [0.2, 0.25) is 0 Å². The summed E-state index contributed by atoms with van der Waals surface area (Å²) < 4.78 is 18.3. The van der Waals surface area contributed by atoms with Gasteiger partial charge in [0.15, 0.2) is 11.5 Å². The number of nitrogens with zero attached hydrogens (tertiary/aromatic N) is 1. The van der Waals surface area contributed by atoms with E-state index in [-0.39, 0.29) is 28.0 Å². The first-order valence-corrected chi connectivity index (χ1v) is 4.52. The van der Waals surface area contributed by atoms with Crippen LogP contribution in [0.15, 0.2) is 10.5 Å². The van der Waals surface area contributed by atoms with Gasteiger partial charge in [0.05, 0.1) is 24.1 Å². The van der Waals surface area contributed by atoms with Crippen molar-refractivity contribution in [3.63, 3.8) is 0 Å². The number of halogens is 2. The summed E-state index contributed by atoms with van der Waals surface area (Å²) in [5.41, 5.74) is -0.0567. The molecule has 0 aliphatic heterocycles. The van der Waals surface area contributed by atoms with Gasteiger partial charge in [-0.25, -0.2) is 4.39 Å². The fourth-order valence-corrected chi connectivity index (χ4v) is 1.49. The van der Waals surface area contributed by atoms with E-state index in [0.29, 0.717) is 0 Å². The molecule has 0 bridgehead atoms. The molecule has 14 heavy (non-hydrogen) atoms. The number of methoxy groups -OCH3 is 1. The summed E-state index contributed by atoms with van der Waals surface area (Å²) in [5, 5.41) is 17.9. The summed E-state index contributed by atoms with van der Waals surface area (Å²) in [5.74, 6) is -0.817. The van der Waals surface area contributed by atoms with Crippen LogP contribution in [-0.4, -0.2) is 12.2 Å². The van der Waals surface area contributed by atoms with Crippen LogP contribution in [0.1, 0.15) is 5.56 Å². The average Bonchev–Trinajstić information content (AvgIpc) is 2.18. The standard InChI is InChI=1S/C9H7BrFNO2/c1-14-7-4-6(10)8(11)5(2-3-12)9(7)13/h4,13H,2H2,1H3. The normalized spacial score (nSPS) is 9.57. The molecule has 0 radical (unpaired) electrons. The smallest absolute Gasteiger partial charge is 0.165 e. The maximum Gasteiger partial charge on any atom is 0.165 e. The third kappa shape index (κ3) is 1.80. The average molecular weight is 260 g/mol. The molecule has 5 heteroatoms. The Balaban J connectivity index is 3.38. The summed E-state index contributed by atoms with van der Waals surface area (Å²) in [6.07, 6.45) is -0.201. The molecule has 0 fully saturated rings. The molecule has 0 saturated heterocycles. The summed E-state index contributed by atoms with van der Waals surface area (Å²) >= 11 is 2.97. The van der Waals surface area contributed by atoms with Gasteiger partial charge in [-0.05, 0) is 15.9 Å². The predicted octanol–water partition coefficient (Wildman–Crippen LogP) is 2.37. The van der Waals surface area contributed by atoms with Crippen molar-refractivity contribution in [1.82, 2.24) is 0 Å². The van der Waals surface area contributed by atoms with Gasteiger partial charge in [0, 0.05) is 11.6 Å². The maximum absolute atomic E-state index is 13.4. The number of benzene rings is 1. The number of hydrogen-bond donors (Lipinski definition) is 1. The summed E-state index contributed by atoms with van der Waals surface area (Å²) in [4.78, 5) is 0. The summed E-state index contributed by atoms with van der Waals surface area (Å²) in [6.45, 7) is 0. The van der Waals surface area contributed by atoms with Crippen molar-refractivity contribution in [2.45, 2.75) is 6.42 Å². The van der Waals surface area contributed by atoms with Crippen molar-refractivity contribution in [2.24, 2.45) is 0 Å². The zero-order chi connectivity index (χ0) is 10.7. The first kappa shape index (κ1) is 10.8. The predicted molar refractivity (Wildman–Crippen MR) is 51.6 cm³/mol. The molecule has 0 aliphatic carbocycles. The Labute approximate surface area is 88.9 Å². The fraction of sp³-hybridized carbons (Fsp3) is 0.222. The Hall–Kier alpha value is -1.28. The minimum atomic E-state index is -0.634. The highest BCUT2D eigenvalue weighted by molar-refractivity contribution is 9.10. The highest BCUT2D eigenvalue weighted by Crippen LogP contribution is 2.36. The van der Waals surface area contributed by atoms with Gasteiger partial charge >= 0.3 is 0 Å². The minimum Gasteiger partial charge on any atom is -0.504 e. The van der Waals surface area contributed by atoms with Crippen molar-refractivity contribution < 1.29 is 14.2 Å². The monoisotopic (exact) mass is 259 g/mol. The molecular weight excluding hydrogens is 253 g/mol. The van der Waals surface area contributed by atoms with Crippen LogP contribution in [0.25, 0.3) is 0 Å². The number of phenolic OH excluding ortho intramolecular Hbond substituents is 1. The number of rotatable bonds is 2. The summed E-state index contributed by atoms with van der Waals surface area (Å²) in [6, 6.07) is 3.08. The molecule has 3 nitrogen and oxygen atoms in total. The van der Waals surface area contributed by atoms with Crippen molar-refractivity contribution >= 4 is 15.9 Å². The third-order valence-corrected chi connectivity index (χ3v) is 2.30. The van der Waals surface area contributed by atoms with E-state index in [1.54, 1.807) is 6.07 Å². The molecule has 0 spiro atoms. The van der Waals surface area contributed by atoms with Crippen LogP contribution in [0.4, 0.5) is 4.39 Å². The van der Waals surface area contributed by atoms with Crippen molar-refractivity contribution in [2.75, 3.05) is 7.11 Å². The van der Waals surface area contributed by atoms with Gasteiger partial charge in [0.2, 0.25) is 0 Å². The number of nitriles is 1. The Bertz CT molecular complexity index is 401. The van der Waals surface area contributed by atoms with E-state index in [1.807, 2.05) is 0 Å². The maximum atomic E-state index is 13.4. The van der Waals surface area contributed by atoms with Crippen LogP contribution in [0.5, 0.6) is 11.5 Å². The van der Waals surface area contributed by atoms with Gasteiger partial charge < -0.3 is 9.84 Å². The fourth-order valence-electron chi connectivity index (χ4n) is 1.04. The van der Waals surface area contributed by atoms with Gasteiger partial charge in [-0.15, -0.1) is 0 Å². The highest BCUT2D eigenvalue weighted by Gasteiger charge is 2.16. The van der Waals surface area contributed by atoms with Crippen LogP contribution in [0.3, 0.4) is 0 Å². The first-order chi connectivity index (χ1) is 6.61. The molecule has 1 N–H and O–H groups in total. The lowest BCUT2D eigenvalue weighted by molar-refractivity contribution is 0.367. The second-order valence-corrected chi connectivity index (χ2v) is 3.39. The van der Waals surface area contributed by atoms with Crippen molar-refractivity contribution in [3.05, 3.63) is 21.9 Å². The Morgan fingerprint density at radius 2 is 2.36 bits per heavy atom. The molecule has 1 aromatic carbocycles.